The van der Waals surface area contributed by atoms with Crippen LogP contribution in [0.5, 0.6) is 0 Å². The van der Waals surface area contributed by atoms with E-state index >= 15 is 0 Å². The Hall–Kier alpha value is -0.220. The first-order valence-electron chi connectivity index (χ1n) is 7.58. The highest BCUT2D eigenvalue weighted by atomic mass is 79.9. The Balaban J connectivity index is 3.46. The molecule has 0 aromatic heterocycles. The monoisotopic (exact) mass is 710 g/mol. The number of hydrogen-bond acceptors (Lipinski definition) is 6. The fourth-order valence-corrected chi connectivity index (χ4v) is 5.30. The lowest BCUT2D eigenvalue weighted by atomic mass is 10.1. The molecule has 0 fully saturated rings. The molecular weight excluding hydrogens is 701 g/mol. The molecule has 30 heavy (non-hydrogen) atoms. The molecule has 0 radical (unpaired) electrons. The summed E-state index contributed by atoms with van der Waals surface area (Å²) in [5, 5.41) is 0. The van der Waals surface area contributed by atoms with E-state index in [0.29, 0.717) is 0 Å². The fraction of sp³-hybridized carbons (Fsp3) is 0.467. The van der Waals surface area contributed by atoms with Crippen LogP contribution in [-0.4, -0.2) is 48.5 Å². The first-order chi connectivity index (χ1) is 13.3. The van der Waals surface area contributed by atoms with Crippen LogP contribution in [0.1, 0.15) is 41.5 Å². The third kappa shape index (κ3) is 7.43. The van der Waals surface area contributed by atoms with Gasteiger partial charge < -0.3 is 9.47 Å². The lowest BCUT2D eigenvalue weighted by Gasteiger charge is -2.23. The van der Waals surface area contributed by atoms with Crippen molar-refractivity contribution in [1.82, 2.24) is 0 Å². The number of benzene rings is 1. The predicted molar refractivity (Wildman–Crippen MR) is 114 cm³/mol. The van der Waals surface area contributed by atoms with E-state index in [2.05, 4.69) is 68.5 Å². The molecule has 170 valence electrons. The topological polar surface area (TPSA) is 107 Å². The number of carbonyl (C=O) groups is 2. The minimum Gasteiger partial charge on any atom is -0.456 e. The number of carbonyl (C=O) groups excluding carboxylic acids is 2. The lowest BCUT2D eigenvalue weighted by molar-refractivity contribution is -0.197. The van der Waals surface area contributed by atoms with Gasteiger partial charge in [-0.25, -0.2) is 9.59 Å². The maximum atomic E-state index is 13.1. The van der Waals surface area contributed by atoms with Crippen molar-refractivity contribution in [3.8, 4) is 0 Å². The Kier molecular flexibility index (Phi) is 9.02. The van der Waals surface area contributed by atoms with E-state index in [9.17, 15) is 31.2 Å². The largest absolute Gasteiger partial charge is 0.456 e. The number of halogens is 7. The smallest absolute Gasteiger partial charge is 0.426 e. The Bertz CT molecular complexity index is 943. The van der Waals surface area contributed by atoms with Crippen LogP contribution in [0, 0.1) is 0 Å². The van der Waals surface area contributed by atoms with Gasteiger partial charge in [0.05, 0.1) is 11.1 Å². The first kappa shape index (κ1) is 27.8. The van der Waals surface area contributed by atoms with Crippen LogP contribution in [0.15, 0.2) is 17.9 Å². The molecule has 1 rings (SSSR count). The summed E-state index contributed by atoms with van der Waals surface area (Å²) in [4.78, 5) is 24.9. The average molecular weight is 714 g/mol. The quantitative estimate of drug-likeness (QED) is 0.238. The van der Waals surface area contributed by atoms with Gasteiger partial charge in [-0.3, -0.25) is 4.55 Å². The van der Waals surface area contributed by atoms with E-state index in [0.717, 1.165) is 0 Å². The van der Waals surface area contributed by atoms with Gasteiger partial charge >= 0.3 is 18.1 Å². The van der Waals surface area contributed by atoms with Gasteiger partial charge in [0.2, 0.25) is 6.10 Å². The van der Waals surface area contributed by atoms with Crippen LogP contribution in [-0.2, 0) is 19.6 Å². The van der Waals surface area contributed by atoms with Crippen LogP contribution in [0.4, 0.5) is 13.2 Å². The van der Waals surface area contributed by atoms with Gasteiger partial charge in [0.25, 0.3) is 10.1 Å². The van der Waals surface area contributed by atoms with Crippen LogP contribution in [0.3, 0.4) is 0 Å². The van der Waals surface area contributed by atoms with Crippen molar-refractivity contribution in [1.29, 1.82) is 0 Å². The second kappa shape index (κ2) is 9.73. The van der Waals surface area contributed by atoms with Crippen LogP contribution < -0.4 is 0 Å². The third-order valence-corrected chi connectivity index (χ3v) is 8.01. The summed E-state index contributed by atoms with van der Waals surface area (Å²) in [5.74, 6) is -4.26. The summed E-state index contributed by atoms with van der Waals surface area (Å²) in [6.07, 6.45) is -8.39. The average Bonchev–Trinajstić information content (AvgIpc) is 2.48. The molecule has 1 atom stereocenters. The van der Waals surface area contributed by atoms with E-state index in [1.165, 1.54) is 0 Å². The highest BCUT2D eigenvalue weighted by Gasteiger charge is 2.46. The summed E-state index contributed by atoms with van der Waals surface area (Å²) in [6.45, 7) is 4.86. The number of esters is 2. The van der Waals surface area contributed by atoms with Gasteiger partial charge in [-0.2, -0.15) is 21.6 Å². The first-order valence-corrected chi connectivity index (χ1v) is 12.4. The zero-order valence-electron chi connectivity index (χ0n) is 15.2. The Labute approximate surface area is 203 Å². The molecule has 0 aliphatic carbocycles. The molecule has 0 saturated heterocycles. The van der Waals surface area contributed by atoms with E-state index in [1.807, 2.05) is 0 Å². The second-order valence-corrected chi connectivity index (χ2v) is 11.4. The maximum absolute atomic E-state index is 13.1. The van der Waals surface area contributed by atoms with Gasteiger partial charge in [0, 0.05) is 17.9 Å². The minimum atomic E-state index is -5.27. The normalized spacial score (nSPS) is 13.7. The summed E-state index contributed by atoms with van der Waals surface area (Å²) < 4.78 is 78.8. The molecule has 0 aliphatic heterocycles. The molecule has 1 aromatic carbocycles. The number of hydrogen-bond donors (Lipinski definition) is 1. The van der Waals surface area contributed by atoms with Crippen molar-refractivity contribution < 1.29 is 45.2 Å². The molecule has 1 aromatic rings. The minimum absolute atomic E-state index is 0.0305. The van der Waals surface area contributed by atoms with Crippen molar-refractivity contribution >= 4 is 85.8 Å². The van der Waals surface area contributed by atoms with Crippen LogP contribution >= 0.6 is 63.7 Å². The Morgan fingerprint density at radius 3 is 1.60 bits per heavy atom. The van der Waals surface area contributed by atoms with Crippen molar-refractivity contribution in [3.05, 3.63) is 29.0 Å². The molecule has 1 N–H and O–H groups in total. The molecule has 1 unspecified atom stereocenters. The van der Waals surface area contributed by atoms with Crippen molar-refractivity contribution in [2.24, 2.45) is 0 Å². The van der Waals surface area contributed by atoms with E-state index < -0.39 is 51.3 Å². The van der Waals surface area contributed by atoms with Gasteiger partial charge in [-0.05, 0) is 84.5 Å². The molecule has 0 saturated carbocycles. The van der Waals surface area contributed by atoms with E-state index in [4.69, 9.17) is 9.29 Å². The molecule has 0 bridgehead atoms. The molecule has 7 nitrogen and oxygen atoms in total. The number of ether oxygens (including phenoxy) is 2. The zero-order chi connectivity index (χ0) is 23.8. The molecule has 15 heteroatoms. The van der Waals surface area contributed by atoms with Gasteiger partial charge in [-0.1, -0.05) is 0 Å². The predicted octanol–water partition coefficient (Wildman–Crippen LogP) is 5.67. The van der Waals surface area contributed by atoms with Crippen molar-refractivity contribution in [2.45, 2.75) is 38.7 Å². The summed E-state index contributed by atoms with van der Waals surface area (Å²) in [7, 11) is -5.11. The van der Waals surface area contributed by atoms with Crippen molar-refractivity contribution in [3.63, 3.8) is 0 Å². The molecule has 0 aliphatic rings. The number of alkyl halides is 3. The molecular formula is C15H13Br4F3O7S. The molecule has 0 amide bonds. The van der Waals surface area contributed by atoms with Crippen LogP contribution in [0.2, 0.25) is 0 Å². The Morgan fingerprint density at radius 1 is 0.933 bits per heavy atom. The van der Waals surface area contributed by atoms with E-state index in [1.54, 1.807) is 20.8 Å². The highest BCUT2D eigenvalue weighted by molar-refractivity contribution is 9.14. The van der Waals surface area contributed by atoms with Gasteiger partial charge in [-0.15, -0.1) is 0 Å². The van der Waals surface area contributed by atoms with E-state index in [-0.39, 0.29) is 23.5 Å². The maximum Gasteiger partial charge on any atom is 0.426 e. The number of rotatable bonds is 5. The highest BCUT2D eigenvalue weighted by Crippen LogP contribution is 2.43. The lowest BCUT2D eigenvalue weighted by Crippen LogP contribution is -2.39. The summed E-state index contributed by atoms with van der Waals surface area (Å²) in [5.41, 5.74) is -1.42. The fourth-order valence-electron chi connectivity index (χ4n) is 1.89. The second-order valence-electron chi connectivity index (χ2n) is 6.69. The summed E-state index contributed by atoms with van der Waals surface area (Å²) in [6, 6.07) is 0. The van der Waals surface area contributed by atoms with Gasteiger partial charge in [0.1, 0.15) is 11.4 Å². The SMILES string of the molecule is CC(C)(C)OC(=O)c1c(Br)c(Br)c(C(=O)OC(CS(=O)(=O)O)C(F)(F)F)c(Br)c1Br. The Morgan fingerprint density at radius 2 is 1.30 bits per heavy atom. The third-order valence-electron chi connectivity index (χ3n) is 3.05. The standard InChI is InChI=1S/C15H13Br4F3O7S/c1-14(2,3)29-13(24)7-10(18)8(16)6(9(17)11(7)19)12(23)28-5(15(20,21)22)4-30(25,26)27/h5H,4H2,1-3H3,(H,25,26,27). The van der Waals surface area contributed by atoms with Crippen molar-refractivity contribution in [2.75, 3.05) is 5.75 Å². The zero-order valence-corrected chi connectivity index (χ0v) is 22.4. The molecule has 0 spiro atoms. The molecule has 0 heterocycles. The van der Waals surface area contributed by atoms with Crippen LogP contribution in [0.25, 0.3) is 0 Å². The van der Waals surface area contributed by atoms with Gasteiger partial charge in [0.15, 0.2) is 0 Å². The summed E-state index contributed by atoms with van der Waals surface area (Å²) >= 11 is 12.2.